The van der Waals surface area contributed by atoms with Gasteiger partial charge in [0.2, 0.25) is 0 Å². The molecule has 1 aliphatic heterocycles. The molecule has 2 aromatic rings. The van der Waals surface area contributed by atoms with Gasteiger partial charge in [-0.15, -0.1) is 5.06 Å². The number of carbonyl (C=O) groups is 1. The molecule has 6 nitrogen and oxygen atoms in total. The zero-order valence-corrected chi connectivity index (χ0v) is 17.6. The third-order valence-electron chi connectivity index (χ3n) is 5.08. The average Bonchev–Trinajstić information content (AvgIpc) is 2.72. The number of hydrogen-bond donors (Lipinski definition) is 2. The number of piperazine rings is 1. The van der Waals surface area contributed by atoms with Crippen LogP contribution in [0.4, 0.5) is 11.4 Å². The molecule has 0 aromatic heterocycles. The Morgan fingerprint density at radius 3 is 2.34 bits per heavy atom. The number of hydroxylamine groups is 2. The Balaban J connectivity index is 1.64. The molecule has 1 saturated heterocycles. The molecule has 0 saturated carbocycles. The van der Waals surface area contributed by atoms with Gasteiger partial charge in [0.25, 0.3) is 0 Å². The quantitative estimate of drug-likeness (QED) is 0.780. The molecular weight excluding hydrogens is 364 g/mol. The lowest BCUT2D eigenvalue weighted by molar-refractivity contribution is -0.201. The molecule has 29 heavy (non-hydrogen) atoms. The van der Waals surface area contributed by atoms with E-state index in [1.807, 2.05) is 39.0 Å². The largest absolute Gasteiger partial charge is 0.381 e. The van der Waals surface area contributed by atoms with Crippen LogP contribution in [0, 0.1) is 5.41 Å². The molecular formula is C23H32N4O2. The minimum absolute atomic E-state index is 0.194. The van der Waals surface area contributed by atoms with E-state index in [4.69, 9.17) is 10.6 Å². The van der Waals surface area contributed by atoms with Crippen LogP contribution in [0.5, 0.6) is 0 Å². The van der Waals surface area contributed by atoms with Crippen molar-refractivity contribution in [3.63, 3.8) is 0 Å². The molecule has 0 unspecified atom stereocenters. The highest BCUT2D eigenvalue weighted by Gasteiger charge is 2.28. The molecule has 0 aliphatic carbocycles. The summed E-state index contributed by atoms with van der Waals surface area (Å²) < 4.78 is 0. The lowest BCUT2D eigenvalue weighted by atomic mass is 9.98. The molecule has 0 amide bonds. The van der Waals surface area contributed by atoms with Gasteiger partial charge in [-0.3, -0.25) is 0 Å². The maximum atomic E-state index is 12.1. The second kappa shape index (κ2) is 9.29. The molecule has 0 bridgehead atoms. The first-order valence-corrected chi connectivity index (χ1v) is 10.2. The molecule has 1 aliphatic rings. The zero-order chi connectivity index (χ0) is 20.9. The van der Waals surface area contributed by atoms with Crippen LogP contribution >= 0.6 is 0 Å². The fraction of sp³-hybridized carbons (Fsp3) is 0.435. The highest BCUT2D eigenvalue weighted by Crippen LogP contribution is 2.29. The third kappa shape index (κ3) is 5.49. The van der Waals surface area contributed by atoms with Crippen LogP contribution in [0.2, 0.25) is 0 Å². The highest BCUT2D eigenvalue weighted by atomic mass is 16.7. The van der Waals surface area contributed by atoms with Gasteiger partial charge in [-0.05, 0) is 38.5 Å². The van der Waals surface area contributed by atoms with Gasteiger partial charge in [0.1, 0.15) is 0 Å². The number of benzene rings is 2. The Labute approximate surface area is 173 Å². The van der Waals surface area contributed by atoms with E-state index in [9.17, 15) is 4.79 Å². The molecule has 1 heterocycles. The van der Waals surface area contributed by atoms with Gasteiger partial charge in [0.15, 0.2) is 0 Å². The molecule has 2 aromatic carbocycles. The molecule has 3 N–H and O–H groups in total. The molecule has 6 heteroatoms. The predicted octanol–water partition coefficient (Wildman–Crippen LogP) is 3.38. The lowest BCUT2D eigenvalue weighted by Crippen LogP contribution is -2.48. The van der Waals surface area contributed by atoms with E-state index in [2.05, 4.69) is 40.5 Å². The van der Waals surface area contributed by atoms with Crippen molar-refractivity contribution in [3.8, 4) is 0 Å². The van der Waals surface area contributed by atoms with E-state index >= 15 is 0 Å². The summed E-state index contributed by atoms with van der Waals surface area (Å²) in [6.45, 7) is 9.74. The van der Waals surface area contributed by atoms with Gasteiger partial charge in [0, 0.05) is 43.1 Å². The first-order valence-electron chi connectivity index (χ1n) is 10.2. The summed E-state index contributed by atoms with van der Waals surface area (Å²) in [7, 11) is 0. The van der Waals surface area contributed by atoms with Crippen molar-refractivity contribution >= 4 is 17.3 Å². The second-order valence-corrected chi connectivity index (χ2v) is 8.39. The standard InChI is InChI=1S/C23H32N4O2/c1-23(2,3)22(28)29-27-14-12-26(13-15-27)21-11-7-10-20(19(21)16-24)25-17-18-8-5-4-6-9-18/h4-11,25H,12-17,24H2,1-3H3. The van der Waals surface area contributed by atoms with Crippen molar-refractivity contribution < 1.29 is 9.63 Å². The molecule has 0 atom stereocenters. The monoisotopic (exact) mass is 396 g/mol. The molecule has 1 fully saturated rings. The Hall–Kier alpha value is -2.57. The van der Waals surface area contributed by atoms with E-state index in [0.29, 0.717) is 19.6 Å². The summed E-state index contributed by atoms with van der Waals surface area (Å²) in [6, 6.07) is 16.6. The van der Waals surface area contributed by atoms with E-state index in [0.717, 1.165) is 36.6 Å². The van der Waals surface area contributed by atoms with Gasteiger partial charge in [-0.25, -0.2) is 4.79 Å². The van der Waals surface area contributed by atoms with Gasteiger partial charge >= 0.3 is 5.97 Å². The highest BCUT2D eigenvalue weighted by molar-refractivity contribution is 5.75. The topological polar surface area (TPSA) is 70.8 Å². The van der Waals surface area contributed by atoms with E-state index < -0.39 is 5.41 Å². The van der Waals surface area contributed by atoms with Crippen LogP contribution in [-0.2, 0) is 22.7 Å². The van der Waals surface area contributed by atoms with Crippen molar-refractivity contribution in [1.82, 2.24) is 5.06 Å². The number of rotatable bonds is 6. The Morgan fingerprint density at radius 2 is 1.72 bits per heavy atom. The summed E-state index contributed by atoms with van der Waals surface area (Å²) in [5, 5.41) is 5.29. The summed E-state index contributed by atoms with van der Waals surface area (Å²) in [5.41, 5.74) is 10.2. The normalized spacial score (nSPS) is 15.2. The number of nitrogens with two attached hydrogens (primary N) is 1. The second-order valence-electron chi connectivity index (χ2n) is 8.39. The third-order valence-corrected chi connectivity index (χ3v) is 5.08. The number of anilines is 2. The maximum absolute atomic E-state index is 12.1. The number of nitrogens with one attached hydrogen (secondary N) is 1. The van der Waals surface area contributed by atoms with Crippen LogP contribution < -0.4 is 16.0 Å². The molecule has 156 valence electrons. The van der Waals surface area contributed by atoms with Gasteiger partial charge in [-0.2, -0.15) is 0 Å². The van der Waals surface area contributed by atoms with E-state index in [1.54, 1.807) is 5.06 Å². The number of carbonyl (C=O) groups excluding carboxylic acids is 1. The fourth-order valence-corrected chi connectivity index (χ4v) is 3.32. The summed E-state index contributed by atoms with van der Waals surface area (Å²) in [4.78, 5) is 20.0. The fourth-order valence-electron chi connectivity index (χ4n) is 3.32. The van der Waals surface area contributed by atoms with Gasteiger partial charge in [-0.1, -0.05) is 36.4 Å². The maximum Gasteiger partial charge on any atom is 0.330 e. The average molecular weight is 397 g/mol. The lowest BCUT2D eigenvalue weighted by Gasteiger charge is -2.37. The Morgan fingerprint density at radius 1 is 1.03 bits per heavy atom. The molecule has 0 radical (unpaired) electrons. The first kappa shape index (κ1) is 21.1. The minimum Gasteiger partial charge on any atom is -0.381 e. The summed E-state index contributed by atoms with van der Waals surface area (Å²) >= 11 is 0. The van der Waals surface area contributed by atoms with Crippen molar-refractivity contribution in [2.75, 3.05) is 36.4 Å². The van der Waals surface area contributed by atoms with Crippen LogP contribution in [0.15, 0.2) is 48.5 Å². The van der Waals surface area contributed by atoms with Crippen LogP contribution in [-0.4, -0.2) is 37.2 Å². The number of nitrogens with zero attached hydrogens (tertiary/aromatic N) is 2. The first-order chi connectivity index (χ1) is 13.9. The minimum atomic E-state index is -0.497. The Bertz CT molecular complexity index is 809. The van der Waals surface area contributed by atoms with Crippen LogP contribution in [0.3, 0.4) is 0 Å². The summed E-state index contributed by atoms with van der Waals surface area (Å²) in [6.07, 6.45) is 0. The zero-order valence-electron chi connectivity index (χ0n) is 17.6. The van der Waals surface area contributed by atoms with Crippen molar-refractivity contribution in [1.29, 1.82) is 0 Å². The van der Waals surface area contributed by atoms with Gasteiger partial charge < -0.3 is 20.8 Å². The van der Waals surface area contributed by atoms with Crippen molar-refractivity contribution in [3.05, 3.63) is 59.7 Å². The number of hydrogen-bond acceptors (Lipinski definition) is 6. The molecule has 0 spiro atoms. The van der Waals surface area contributed by atoms with E-state index in [-0.39, 0.29) is 5.97 Å². The van der Waals surface area contributed by atoms with Gasteiger partial charge in [0.05, 0.1) is 18.5 Å². The molecule has 3 rings (SSSR count). The summed E-state index contributed by atoms with van der Waals surface area (Å²) in [5.74, 6) is -0.194. The SMILES string of the molecule is CC(C)(C)C(=O)ON1CCN(c2cccc(NCc3ccccc3)c2CN)CC1. The van der Waals surface area contributed by atoms with Crippen LogP contribution in [0.1, 0.15) is 31.9 Å². The van der Waals surface area contributed by atoms with E-state index in [1.165, 1.54) is 5.56 Å². The Kier molecular flexibility index (Phi) is 6.77. The van der Waals surface area contributed by atoms with Crippen molar-refractivity contribution in [2.45, 2.75) is 33.9 Å². The predicted molar refractivity (Wildman–Crippen MR) is 117 cm³/mol. The van der Waals surface area contributed by atoms with Crippen molar-refractivity contribution in [2.24, 2.45) is 11.1 Å². The smallest absolute Gasteiger partial charge is 0.330 e. The van der Waals surface area contributed by atoms with Crippen LogP contribution in [0.25, 0.3) is 0 Å².